The fourth-order valence-corrected chi connectivity index (χ4v) is 2.44. The van der Waals surface area contributed by atoms with Gasteiger partial charge in [-0.1, -0.05) is 18.2 Å². The summed E-state index contributed by atoms with van der Waals surface area (Å²) in [5, 5.41) is 20.5. The molecule has 0 atom stereocenters. The van der Waals surface area contributed by atoms with Gasteiger partial charge in [0.15, 0.2) is 5.75 Å². The summed E-state index contributed by atoms with van der Waals surface area (Å²) in [5.41, 5.74) is 9.61. The van der Waals surface area contributed by atoms with E-state index in [1.165, 1.54) is 0 Å². The van der Waals surface area contributed by atoms with E-state index < -0.39 is 0 Å². The number of rotatable bonds is 2. The third-order valence-corrected chi connectivity index (χ3v) is 3.57. The quantitative estimate of drug-likeness (QED) is 0.505. The Kier molecular flexibility index (Phi) is 3.51. The number of nitrogens with two attached hydrogens (primary N) is 1. The van der Waals surface area contributed by atoms with Crippen molar-refractivity contribution in [3.63, 3.8) is 0 Å². The SMILES string of the molecule is Cc1cccc(N=Nc2c(C)cc3ccc(N)cc3c2O)c1. The van der Waals surface area contributed by atoms with E-state index in [-0.39, 0.29) is 5.75 Å². The Hall–Kier alpha value is -2.88. The number of hydrogen-bond acceptors (Lipinski definition) is 4. The third kappa shape index (κ3) is 2.63. The number of fused-ring (bicyclic) bond motifs is 1. The van der Waals surface area contributed by atoms with Gasteiger partial charge in [0.25, 0.3) is 0 Å². The molecule has 0 unspecified atom stereocenters. The second-order valence-corrected chi connectivity index (χ2v) is 5.41. The summed E-state index contributed by atoms with van der Waals surface area (Å²) >= 11 is 0. The van der Waals surface area contributed by atoms with Crippen LogP contribution in [0.4, 0.5) is 17.1 Å². The van der Waals surface area contributed by atoms with E-state index in [0.29, 0.717) is 16.8 Å². The van der Waals surface area contributed by atoms with Crippen molar-refractivity contribution < 1.29 is 5.11 Å². The van der Waals surface area contributed by atoms with Crippen LogP contribution in [0.25, 0.3) is 10.8 Å². The third-order valence-electron chi connectivity index (χ3n) is 3.57. The number of aryl methyl sites for hydroxylation is 2. The first-order chi connectivity index (χ1) is 10.5. The minimum atomic E-state index is 0.110. The van der Waals surface area contributed by atoms with E-state index in [1.807, 2.05) is 56.3 Å². The van der Waals surface area contributed by atoms with Crippen LogP contribution in [0.15, 0.2) is 58.8 Å². The van der Waals surface area contributed by atoms with Crippen LogP contribution in [0.1, 0.15) is 11.1 Å². The average molecular weight is 291 g/mol. The number of nitrogens with zero attached hydrogens (tertiary/aromatic N) is 2. The maximum atomic E-state index is 10.5. The second-order valence-electron chi connectivity index (χ2n) is 5.41. The fourth-order valence-electron chi connectivity index (χ4n) is 2.44. The van der Waals surface area contributed by atoms with Crippen LogP contribution < -0.4 is 5.73 Å². The van der Waals surface area contributed by atoms with Crippen molar-refractivity contribution in [3.8, 4) is 5.75 Å². The van der Waals surface area contributed by atoms with Gasteiger partial charge in [-0.3, -0.25) is 0 Å². The number of phenols is 1. The Morgan fingerprint density at radius 3 is 2.55 bits per heavy atom. The lowest BCUT2D eigenvalue weighted by Gasteiger charge is -2.08. The smallest absolute Gasteiger partial charge is 0.151 e. The van der Waals surface area contributed by atoms with Crippen molar-refractivity contribution in [2.75, 3.05) is 5.73 Å². The van der Waals surface area contributed by atoms with Crippen LogP contribution >= 0.6 is 0 Å². The van der Waals surface area contributed by atoms with Gasteiger partial charge in [-0.05, 0) is 60.7 Å². The molecular formula is C18H17N3O. The van der Waals surface area contributed by atoms with E-state index >= 15 is 0 Å². The molecule has 22 heavy (non-hydrogen) atoms. The van der Waals surface area contributed by atoms with Crippen LogP contribution in [-0.4, -0.2) is 5.11 Å². The monoisotopic (exact) mass is 291 g/mol. The van der Waals surface area contributed by atoms with Gasteiger partial charge in [0.05, 0.1) is 5.69 Å². The summed E-state index contributed by atoms with van der Waals surface area (Å²) in [7, 11) is 0. The zero-order valence-corrected chi connectivity index (χ0v) is 12.5. The molecule has 0 aliphatic heterocycles. The predicted octanol–water partition coefficient (Wildman–Crippen LogP) is 5.16. The van der Waals surface area contributed by atoms with Crippen LogP contribution in [0.2, 0.25) is 0 Å². The molecule has 0 saturated heterocycles. The van der Waals surface area contributed by atoms with Gasteiger partial charge in [-0.15, -0.1) is 5.11 Å². The summed E-state index contributed by atoms with van der Waals surface area (Å²) in [5.74, 6) is 0.110. The molecule has 0 saturated carbocycles. The maximum absolute atomic E-state index is 10.5. The summed E-state index contributed by atoms with van der Waals surface area (Å²) in [6.07, 6.45) is 0. The first-order valence-electron chi connectivity index (χ1n) is 7.05. The second kappa shape index (κ2) is 5.48. The van der Waals surface area contributed by atoms with Crippen LogP contribution in [0, 0.1) is 13.8 Å². The highest BCUT2D eigenvalue weighted by Crippen LogP contribution is 2.39. The Morgan fingerprint density at radius 2 is 1.77 bits per heavy atom. The summed E-state index contributed by atoms with van der Waals surface area (Å²) in [6.45, 7) is 3.90. The largest absolute Gasteiger partial charge is 0.505 e. The first-order valence-corrected chi connectivity index (χ1v) is 7.05. The summed E-state index contributed by atoms with van der Waals surface area (Å²) in [4.78, 5) is 0. The van der Waals surface area contributed by atoms with Crippen molar-refractivity contribution in [3.05, 3.63) is 59.7 Å². The number of hydrogen-bond donors (Lipinski definition) is 2. The normalized spacial score (nSPS) is 11.4. The molecular weight excluding hydrogens is 274 g/mol. The standard InChI is InChI=1S/C18H17N3O/c1-11-4-3-5-15(8-11)20-21-17-12(2)9-13-6-7-14(19)10-16(13)18(17)22/h3-10,22H,19H2,1-2H3. The Balaban J connectivity index is 2.10. The molecule has 3 N–H and O–H groups in total. The minimum absolute atomic E-state index is 0.110. The van der Waals surface area contributed by atoms with Crippen LogP contribution in [-0.2, 0) is 0 Å². The van der Waals surface area contributed by atoms with E-state index in [4.69, 9.17) is 5.73 Å². The molecule has 3 aromatic rings. The van der Waals surface area contributed by atoms with Gasteiger partial charge in [0, 0.05) is 11.1 Å². The Bertz CT molecular complexity index is 885. The molecule has 0 fully saturated rings. The highest BCUT2D eigenvalue weighted by atomic mass is 16.3. The van der Waals surface area contributed by atoms with Crippen LogP contribution in [0.5, 0.6) is 5.75 Å². The van der Waals surface area contributed by atoms with Crippen molar-refractivity contribution >= 4 is 27.8 Å². The molecule has 0 aromatic heterocycles. The molecule has 4 heteroatoms. The lowest BCUT2D eigenvalue weighted by atomic mass is 10.0. The number of phenolic OH excluding ortho intramolecular Hbond substituents is 1. The van der Waals surface area contributed by atoms with E-state index in [2.05, 4.69) is 10.2 Å². The Morgan fingerprint density at radius 1 is 0.955 bits per heavy atom. The fraction of sp³-hybridized carbons (Fsp3) is 0.111. The van der Waals surface area contributed by atoms with E-state index in [0.717, 1.165) is 22.2 Å². The Labute approximate surface area is 128 Å². The number of azo groups is 1. The maximum Gasteiger partial charge on any atom is 0.151 e. The zero-order valence-electron chi connectivity index (χ0n) is 12.5. The molecule has 0 radical (unpaired) electrons. The predicted molar refractivity (Wildman–Crippen MR) is 90.1 cm³/mol. The molecule has 0 aliphatic carbocycles. The summed E-state index contributed by atoms with van der Waals surface area (Å²) < 4.78 is 0. The van der Waals surface area contributed by atoms with Gasteiger partial charge in [0.2, 0.25) is 0 Å². The molecule has 3 aromatic carbocycles. The molecule has 0 amide bonds. The topological polar surface area (TPSA) is 71.0 Å². The number of nitrogen functional groups attached to an aromatic ring is 1. The van der Waals surface area contributed by atoms with Crippen molar-refractivity contribution in [1.29, 1.82) is 0 Å². The number of anilines is 1. The van der Waals surface area contributed by atoms with Crippen molar-refractivity contribution in [1.82, 2.24) is 0 Å². The lowest BCUT2D eigenvalue weighted by molar-refractivity contribution is 0.482. The van der Waals surface area contributed by atoms with E-state index in [1.54, 1.807) is 6.07 Å². The van der Waals surface area contributed by atoms with Gasteiger partial charge in [0.1, 0.15) is 5.69 Å². The minimum Gasteiger partial charge on any atom is -0.505 e. The molecule has 0 bridgehead atoms. The van der Waals surface area contributed by atoms with Gasteiger partial charge < -0.3 is 10.8 Å². The molecule has 110 valence electrons. The molecule has 0 heterocycles. The highest BCUT2D eigenvalue weighted by Gasteiger charge is 2.10. The van der Waals surface area contributed by atoms with Crippen molar-refractivity contribution in [2.24, 2.45) is 10.2 Å². The first kappa shape index (κ1) is 14.1. The van der Waals surface area contributed by atoms with Gasteiger partial charge >= 0.3 is 0 Å². The van der Waals surface area contributed by atoms with E-state index in [9.17, 15) is 5.11 Å². The summed E-state index contributed by atoms with van der Waals surface area (Å²) in [6, 6.07) is 15.2. The highest BCUT2D eigenvalue weighted by molar-refractivity contribution is 5.95. The van der Waals surface area contributed by atoms with Gasteiger partial charge in [-0.2, -0.15) is 5.11 Å². The molecule has 3 rings (SSSR count). The molecule has 0 aliphatic rings. The lowest BCUT2D eigenvalue weighted by Crippen LogP contribution is -1.86. The molecule has 4 nitrogen and oxygen atoms in total. The van der Waals surface area contributed by atoms with Crippen molar-refractivity contribution in [2.45, 2.75) is 13.8 Å². The van der Waals surface area contributed by atoms with Crippen LogP contribution in [0.3, 0.4) is 0 Å². The number of benzene rings is 3. The number of aromatic hydroxyl groups is 1. The molecule has 0 spiro atoms. The van der Waals surface area contributed by atoms with Gasteiger partial charge in [-0.25, -0.2) is 0 Å². The average Bonchev–Trinajstić information content (AvgIpc) is 2.48. The zero-order chi connectivity index (χ0) is 15.7.